The number of likely N-dealkylation sites (N-methyl/N-ethyl adjacent to an activating group) is 1. The standard InChI is InChI=1S/C24H24N8O/c1-31-11-9-16-7-8-19(12-17(16)15-31)27-24-26-14-18(13-25)23(30-24)29-20-4-2-5-21(28-20)32-10-3-6-22(32)33/h2,4-5,7-8,12,14H,3,6,9-11,15H2,1H3,(H2,26,27,28,29,30). The third-order valence-electron chi connectivity index (χ3n) is 5.91. The van der Waals surface area contributed by atoms with E-state index in [1.54, 1.807) is 17.0 Å². The van der Waals surface area contributed by atoms with Crippen molar-refractivity contribution in [2.45, 2.75) is 25.8 Å². The number of carbonyl (C=O) groups is 1. The molecule has 2 N–H and O–H groups in total. The molecule has 1 amide bonds. The van der Waals surface area contributed by atoms with Crippen LogP contribution in [-0.2, 0) is 17.8 Å². The van der Waals surface area contributed by atoms with E-state index < -0.39 is 0 Å². The second-order valence-corrected chi connectivity index (χ2v) is 8.32. The molecule has 166 valence electrons. The fourth-order valence-corrected chi connectivity index (χ4v) is 4.18. The summed E-state index contributed by atoms with van der Waals surface area (Å²) >= 11 is 0. The molecule has 5 rings (SSSR count). The number of hydrogen-bond acceptors (Lipinski definition) is 8. The van der Waals surface area contributed by atoms with E-state index in [0.29, 0.717) is 41.9 Å². The van der Waals surface area contributed by atoms with E-state index >= 15 is 0 Å². The van der Waals surface area contributed by atoms with Crippen molar-refractivity contribution in [2.75, 3.05) is 35.7 Å². The molecule has 0 spiro atoms. The molecule has 33 heavy (non-hydrogen) atoms. The highest BCUT2D eigenvalue weighted by Gasteiger charge is 2.23. The van der Waals surface area contributed by atoms with Crippen molar-refractivity contribution >= 4 is 35.0 Å². The molecule has 9 heteroatoms. The summed E-state index contributed by atoms with van der Waals surface area (Å²) in [5.41, 5.74) is 3.85. The first kappa shape index (κ1) is 20.8. The first-order chi connectivity index (χ1) is 16.1. The van der Waals surface area contributed by atoms with Crippen LogP contribution in [0.4, 0.5) is 29.1 Å². The summed E-state index contributed by atoms with van der Waals surface area (Å²) in [7, 11) is 2.12. The van der Waals surface area contributed by atoms with Crippen LogP contribution in [0, 0.1) is 11.3 Å². The highest BCUT2D eigenvalue weighted by Crippen LogP contribution is 2.26. The Morgan fingerprint density at radius 3 is 2.79 bits per heavy atom. The van der Waals surface area contributed by atoms with Crippen molar-refractivity contribution in [3.05, 3.63) is 59.3 Å². The van der Waals surface area contributed by atoms with Crippen LogP contribution < -0.4 is 15.5 Å². The van der Waals surface area contributed by atoms with Gasteiger partial charge in [0.15, 0.2) is 5.82 Å². The molecule has 0 bridgehead atoms. The van der Waals surface area contributed by atoms with Gasteiger partial charge in [0.05, 0.1) is 6.20 Å². The van der Waals surface area contributed by atoms with Gasteiger partial charge in [-0.15, -0.1) is 0 Å². The minimum absolute atomic E-state index is 0.0714. The van der Waals surface area contributed by atoms with Crippen molar-refractivity contribution in [2.24, 2.45) is 0 Å². The van der Waals surface area contributed by atoms with Gasteiger partial charge in [0, 0.05) is 31.7 Å². The van der Waals surface area contributed by atoms with Crippen LogP contribution in [0.2, 0.25) is 0 Å². The van der Waals surface area contributed by atoms with Crippen molar-refractivity contribution < 1.29 is 4.79 Å². The fourth-order valence-electron chi connectivity index (χ4n) is 4.18. The minimum atomic E-state index is 0.0714. The van der Waals surface area contributed by atoms with E-state index in [-0.39, 0.29) is 5.91 Å². The summed E-state index contributed by atoms with van der Waals surface area (Å²) in [4.78, 5) is 29.4. The molecule has 0 saturated carbocycles. The van der Waals surface area contributed by atoms with Crippen LogP contribution in [-0.4, -0.2) is 45.9 Å². The summed E-state index contributed by atoms with van der Waals surface area (Å²) in [6.45, 7) is 2.64. The molecule has 0 aliphatic carbocycles. The molecule has 9 nitrogen and oxygen atoms in total. The van der Waals surface area contributed by atoms with Crippen LogP contribution in [0.1, 0.15) is 29.5 Å². The molecule has 1 fully saturated rings. The van der Waals surface area contributed by atoms with Crippen molar-refractivity contribution in [1.29, 1.82) is 5.26 Å². The molecule has 4 heterocycles. The van der Waals surface area contributed by atoms with Crippen LogP contribution in [0.5, 0.6) is 0 Å². The number of amides is 1. The molecule has 0 radical (unpaired) electrons. The Kier molecular flexibility index (Phi) is 5.59. The number of pyridine rings is 1. The Hall–Kier alpha value is -4.03. The predicted molar refractivity (Wildman–Crippen MR) is 126 cm³/mol. The second kappa shape index (κ2) is 8.84. The normalized spacial score (nSPS) is 15.8. The van der Waals surface area contributed by atoms with Gasteiger partial charge in [0.1, 0.15) is 23.3 Å². The quantitative estimate of drug-likeness (QED) is 0.622. The Morgan fingerprint density at radius 1 is 1.06 bits per heavy atom. The maximum Gasteiger partial charge on any atom is 0.229 e. The number of benzene rings is 1. The predicted octanol–water partition coefficient (Wildman–Crippen LogP) is 3.35. The lowest BCUT2D eigenvalue weighted by Gasteiger charge is -2.25. The van der Waals surface area contributed by atoms with E-state index in [1.807, 2.05) is 12.1 Å². The molecule has 1 aromatic carbocycles. The minimum Gasteiger partial charge on any atom is -0.324 e. The van der Waals surface area contributed by atoms with Crippen molar-refractivity contribution in [3.8, 4) is 6.07 Å². The largest absolute Gasteiger partial charge is 0.324 e. The lowest BCUT2D eigenvalue weighted by atomic mass is 9.99. The lowest BCUT2D eigenvalue weighted by molar-refractivity contribution is -0.117. The number of anilines is 5. The third kappa shape index (κ3) is 4.47. The molecule has 2 aliphatic rings. The number of fused-ring (bicyclic) bond motifs is 1. The zero-order valence-electron chi connectivity index (χ0n) is 18.4. The van der Waals surface area contributed by atoms with Crippen LogP contribution in [0.25, 0.3) is 0 Å². The van der Waals surface area contributed by atoms with Crippen LogP contribution in [0.15, 0.2) is 42.6 Å². The number of nitrogens with zero attached hydrogens (tertiary/aromatic N) is 6. The summed E-state index contributed by atoms with van der Waals surface area (Å²) in [5, 5.41) is 15.9. The average molecular weight is 441 g/mol. The van der Waals surface area contributed by atoms with Gasteiger partial charge < -0.3 is 15.5 Å². The second-order valence-electron chi connectivity index (χ2n) is 8.32. The molecule has 2 aliphatic heterocycles. The van der Waals surface area contributed by atoms with Crippen LogP contribution >= 0.6 is 0 Å². The Morgan fingerprint density at radius 2 is 1.97 bits per heavy atom. The highest BCUT2D eigenvalue weighted by molar-refractivity contribution is 5.94. The molecule has 3 aromatic rings. The summed E-state index contributed by atoms with van der Waals surface area (Å²) < 4.78 is 0. The Balaban J connectivity index is 1.38. The molecular formula is C24H24N8O. The topological polar surface area (TPSA) is 110 Å². The molecule has 0 unspecified atom stereocenters. The fraction of sp³-hybridized carbons (Fsp3) is 0.292. The van der Waals surface area contributed by atoms with Crippen molar-refractivity contribution in [3.63, 3.8) is 0 Å². The first-order valence-electron chi connectivity index (χ1n) is 11.0. The first-order valence-corrected chi connectivity index (χ1v) is 11.0. The SMILES string of the molecule is CN1CCc2ccc(Nc3ncc(C#N)c(Nc4cccc(N5CCCC5=O)n4)n3)cc2C1. The smallest absolute Gasteiger partial charge is 0.229 e. The number of carbonyl (C=O) groups excluding carboxylic acids is 1. The maximum absolute atomic E-state index is 12.1. The summed E-state index contributed by atoms with van der Waals surface area (Å²) in [6, 6.07) is 13.8. The maximum atomic E-state index is 12.1. The Bertz CT molecular complexity index is 1250. The third-order valence-corrected chi connectivity index (χ3v) is 5.91. The van der Waals surface area contributed by atoms with Gasteiger partial charge in [0.25, 0.3) is 0 Å². The van der Waals surface area contributed by atoms with Gasteiger partial charge in [-0.2, -0.15) is 10.2 Å². The summed E-state index contributed by atoms with van der Waals surface area (Å²) in [6.07, 6.45) is 3.90. The monoisotopic (exact) mass is 440 g/mol. The zero-order valence-corrected chi connectivity index (χ0v) is 18.4. The number of hydrogen-bond donors (Lipinski definition) is 2. The highest BCUT2D eigenvalue weighted by atomic mass is 16.2. The average Bonchev–Trinajstić information content (AvgIpc) is 3.25. The van der Waals surface area contributed by atoms with Gasteiger partial charge in [0.2, 0.25) is 11.9 Å². The number of aromatic nitrogens is 3. The molecular weight excluding hydrogens is 416 g/mol. The van der Waals surface area contributed by atoms with Gasteiger partial charge in [-0.05, 0) is 55.3 Å². The van der Waals surface area contributed by atoms with E-state index in [2.05, 4.69) is 55.7 Å². The van der Waals surface area contributed by atoms with Gasteiger partial charge >= 0.3 is 0 Å². The van der Waals surface area contributed by atoms with Gasteiger partial charge in [-0.25, -0.2) is 9.97 Å². The van der Waals surface area contributed by atoms with E-state index in [9.17, 15) is 10.1 Å². The van der Waals surface area contributed by atoms with Crippen molar-refractivity contribution in [1.82, 2.24) is 19.9 Å². The number of rotatable bonds is 5. The molecule has 1 saturated heterocycles. The van der Waals surface area contributed by atoms with Gasteiger partial charge in [-0.3, -0.25) is 9.69 Å². The van der Waals surface area contributed by atoms with Gasteiger partial charge in [-0.1, -0.05) is 12.1 Å². The lowest BCUT2D eigenvalue weighted by Crippen LogP contribution is -2.26. The summed E-state index contributed by atoms with van der Waals surface area (Å²) in [5.74, 6) is 1.90. The van der Waals surface area contributed by atoms with E-state index in [1.165, 1.54) is 17.3 Å². The number of nitrogens with one attached hydrogen (secondary N) is 2. The van der Waals surface area contributed by atoms with E-state index in [0.717, 1.165) is 31.6 Å². The van der Waals surface area contributed by atoms with E-state index in [4.69, 9.17) is 0 Å². The Labute approximate surface area is 192 Å². The number of nitriles is 1. The van der Waals surface area contributed by atoms with Crippen LogP contribution in [0.3, 0.4) is 0 Å². The molecule has 0 atom stereocenters. The zero-order chi connectivity index (χ0) is 22.8. The molecule has 2 aromatic heterocycles.